The molecule has 1 unspecified atom stereocenters. The van der Waals surface area contributed by atoms with Crippen molar-refractivity contribution in [1.82, 2.24) is 5.32 Å². The molecule has 0 aliphatic carbocycles. The smallest absolute Gasteiger partial charge is 0.251 e. The van der Waals surface area contributed by atoms with Crippen LogP contribution in [0.5, 0.6) is 0 Å². The van der Waals surface area contributed by atoms with Crippen molar-refractivity contribution in [3.63, 3.8) is 0 Å². The van der Waals surface area contributed by atoms with Crippen LogP contribution in [0.4, 0.5) is 5.69 Å². The Kier molecular flexibility index (Phi) is 7.09. The number of nitrogens with one attached hydrogen (secondary N) is 2. The van der Waals surface area contributed by atoms with E-state index in [0.29, 0.717) is 18.7 Å². The van der Waals surface area contributed by atoms with Crippen LogP contribution in [0, 0.1) is 6.92 Å². The predicted molar refractivity (Wildman–Crippen MR) is 83.4 cm³/mol. The number of hydrogen-bond acceptors (Lipinski definition) is 3. The number of benzene rings is 1. The molecule has 0 aliphatic heterocycles. The Morgan fingerprint density at radius 3 is 2.70 bits per heavy atom. The molecule has 1 aromatic carbocycles. The van der Waals surface area contributed by atoms with E-state index in [9.17, 15) is 4.79 Å². The molecule has 1 aromatic rings. The molecule has 0 heterocycles. The van der Waals surface area contributed by atoms with Crippen LogP contribution in [0.15, 0.2) is 18.2 Å². The first-order valence-electron chi connectivity index (χ1n) is 7.32. The summed E-state index contributed by atoms with van der Waals surface area (Å²) in [4.78, 5) is 12.0. The summed E-state index contributed by atoms with van der Waals surface area (Å²) in [7, 11) is 0. The number of rotatable bonds is 8. The van der Waals surface area contributed by atoms with Gasteiger partial charge >= 0.3 is 0 Å². The highest BCUT2D eigenvalue weighted by Gasteiger charge is 2.09. The van der Waals surface area contributed by atoms with Gasteiger partial charge in [-0.05, 0) is 51.0 Å². The average molecular weight is 278 g/mol. The summed E-state index contributed by atoms with van der Waals surface area (Å²) in [6, 6.07) is 5.73. The number of ether oxygens (including phenoxy) is 1. The van der Waals surface area contributed by atoms with Crippen LogP contribution in [0.25, 0.3) is 0 Å². The second-order valence-electron chi connectivity index (χ2n) is 4.93. The monoisotopic (exact) mass is 278 g/mol. The summed E-state index contributed by atoms with van der Waals surface area (Å²) in [5.74, 6) is -0.0540. The number of carbonyl (C=O) groups excluding carboxylic acids is 1. The van der Waals surface area contributed by atoms with Gasteiger partial charge < -0.3 is 15.4 Å². The molecule has 0 radical (unpaired) electrons. The lowest BCUT2D eigenvalue weighted by Gasteiger charge is -2.14. The summed E-state index contributed by atoms with van der Waals surface area (Å²) < 4.78 is 5.39. The van der Waals surface area contributed by atoms with Crippen molar-refractivity contribution in [3.8, 4) is 0 Å². The first-order valence-corrected chi connectivity index (χ1v) is 7.32. The second kappa shape index (κ2) is 8.59. The van der Waals surface area contributed by atoms with Crippen LogP contribution in [-0.2, 0) is 4.74 Å². The van der Waals surface area contributed by atoms with Gasteiger partial charge in [0.1, 0.15) is 0 Å². The molecule has 20 heavy (non-hydrogen) atoms. The zero-order valence-electron chi connectivity index (χ0n) is 13.0. The molecule has 0 bridgehead atoms. The lowest BCUT2D eigenvalue weighted by molar-refractivity contribution is 0.0695. The van der Waals surface area contributed by atoms with Gasteiger partial charge in [-0.15, -0.1) is 0 Å². The highest BCUT2D eigenvalue weighted by atomic mass is 16.5. The van der Waals surface area contributed by atoms with Gasteiger partial charge in [0, 0.05) is 30.9 Å². The molecule has 0 spiro atoms. The molecule has 0 aliphatic rings. The first kappa shape index (κ1) is 16.5. The molecular formula is C16H26N2O2. The van der Waals surface area contributed by atoms with Gasteiger partial charge in [-0.2, -0.15) is 0 Å². The predicted octanol–water partition coefficient (Wildman–Crippen LogP) is 2.97. The minimum atomic E-state index is -0.0540. The van der Waals surface area contributed by atoms with Crippen molar-refractivity contribution in [2.75, 3.05) is 25.0 Å². The van der Waals surface area contributed by atoms with Crippen LogP contribution in [0.1, 0.15) is 43.1 Å². The van der Waals surface area contributed by atoms with Crippen molar-refractivity contribution < 1.29 is 9.53 Å². The van der Waals surface area contributed by atoms with Gasteiger partial charge in [-0.3, -0.25) is 4.79 Å². The summed E-state index contributed by atoms with van der Waals surface area (Å²) in [5, 5.41) is 6.23. The summed E-state index contributed by atoms with van der Waals surface area (Å²) in [6.07, 6.45) is 1.12. The third-order valence-electron chi connectivity index (χ3n) is 3.06. The van der Waals surface area contributed by atoms with Gasteiger partial charge in [0.25, 0.3) is 5.91 Å². The van der Waals surface area contributed by atoms with Crippen LogP contribution < -0.4 is 10.6 Å². The maximum Gasteiger partial charge on any atom is 0.251 e. The molecule has 0 fully saturated rings. The van der Waals surface area contributed by atoms with Gasteiger partial charge in [0.15, 0.2) is 0 Å². The van der Waals surface area contributed by atoms with E-state index in [1.54, 1.807) is 0 Å². The van der Waals surface area contributed by atoms with Crippen molar-refractivity contribution >= 4 is 11.6 Å². The number of anilines is 1. The Morgan fingerprint density at radius 1 is 1.35 bits per heavy atom. The van der Waals surface area contributed by atoms with Crippen molar-refractivity contribution in [2.45, 2.75) is 40.2 Å². The summed E-state index contributed by atoms with van der Waals surface area (Å²) in [6.45, 7) is 10.2. The summed E-state index contributed by atoms with van der Waals surface area (Å²) >= 11 is 0. The molecule has 0 aromatic heterocycles. The lowest BCUT2D eigenvalue weighted by atomic mass is 10.1. The lowest BCUT2D eigenvalue weighted by Crippen LogP contribution is -2.32. The number of amides is 1. The molecule has 4 nitrogen and oxygen atoms in total. The molecule has 1 rings (SSSR count). The highest BCUT2D eigenvalue weighted by Crippen LogP contribution is 2.16. The Hall–Kier alpha value is -1.55. The van der Waals surface area contributed by atoms with E-state index in [2.05, 4.69) is 17.6 Å². The van der Waals surface area contributed by atoms with Crippen molar-refractivity contribution in [1.29, 1.82) is 0 Å². The van der Waals surface area contributed by atoms with Crippen LogP contribution in [-0.4, -0.2) is 31.7 Å². The van der Waals surface area contributed by atoms with Crippen molar-refractivity contribution in [3.05, 3.63) is 29.3 Å². The summed E-state index contributed by atoms with van der Waals surface area (Å²) in [5.41, 5.74) is 2.86. The van der Waals surface area contributed by atoms with E-state index >= 15 is 0 Å². The first-order chi connectivity index (χ1) is 9.58. The largest absolute Gasteiger partial charge is 0.385 e. The second-order valence-corrected chi connectivity index (χ2v) is 4.93. The van der Waals surface area contributed by atoms with Gasteiger partial charge in [0.2, 0.25) is 0 Å². The fraction of sp³-hybridized carbons (Fsp3) is 0.562. The van der Waals surface area contributed by atoms with Gasteiger partial charge in [-0.1, -0.05) is 6.92 Å². The average Bonchev–Trinajstić information content (AvgIpc) is 2.43. The van der Waals surface area contributed by atoms with Crippen molar-refractivity contribution in [2.24, 2.45) is 0 Å². The number of aryl methyl sites for hydroxylation is 1. The standard InChI is InChI=1S/C16H26N2O2/c1-5-9-17-15-8-7-14(10-12(15)3)16(19)18-11-13(4)20-6-2/h7-8,10,13,17H,5-6,9,11H2,1-4H3,(H,18,19). The van der Waals surface area contributed by atoms with E-state index in [-0.39, 0.29) is 12.0 Å². The molecule has 0 saturated heterocycles. The Bertz CT molecular complexity index is 432. The van der Waals surface area contributed by atoms with E-state index in [1.807, 2.05) is 39.0 Å². The SMILES string of the molecule is CCCNc1ccc(C(=O)NCC(C)OCC)cc1C. The zero-order valence-corrected chi connectivity index (χ0v) is 13.0. The molecule has 1 atom stereocenters. The van der Waals surface area contributed by atoms with E-state index < -0.39 is 0 Å². The Balaban J connectivity index is 2.58. The van der Waals surface area contributed by atoms with E-state index in [4.69, 9.17) is 4.74 Å². The third-order valence-corrected chi connectivity index (χ3v) is 3.06. The molecule has 4 heteroatoms. The van der Waals surface area contributed by atoms with Crippen LogP contribution in [0.3, 0.4) is 0 Å². The molecule has 2 N–H and O–H groups in total. The van der Waals surface area contributed by atoms with Gasteiger partial charge in [0.05, 0.1) is 6.10 Å². The minimum absolute atomic E-state index is 0.0375. The molecular weight excluding hydrogens is 252 g/mol. The number of carbonyl (C=O) groups is 1. The maximum absolute atomic E-state index is 12.0. The maximum atomic E-state index is 12.0. The fourth-order valence-corrected chi connectivity index (χ4v) is 1.94. The van der Waals surface area contributed by atoms with Crippen LogP contribution in [0.2, 0.25) is 0 Å². The van der Waals surface area contributed by atoms with E-state index in [1.165, 1.54) is 0 Å². The zero-order chi connectivity index (χ0) is 15.0. The minimum Gasteiger partial charge on any atom is -0.385 e. The highest BCUT2D eigenvalue weighted by molar-refractivity contribution is 5.94. The normalized spacial score (nSPS) is 12.0. The number of hydrogen-bond donors (Lipinski definition) is 2. The quantitative estimate of drug-likeness (QED) is 0.768. The topological polar surface area (TPSA) is 50.4 Å². The Morgan fingerprint density at radius 2 is 2.10 bits per heavy atom. The molecule has 1 amide bonds. The van der Waals surface area contributed by atoms with Crippen LogP contribution >= 0.6 is 0 Å². The van der Waals surface area contributed by atoms with E-state index in [0.717, 1.165) is 24.2 Å². The Labute approximate surface area is 121 Å². The fourth-order valence-electron chi connectivity index (χ4n) is 1.94. The third kappa shape index (κ3) is 5.21. The molecule has 112 valence electrons. The molecule has 0 saturated carbocycles. The van der Waals surface area contributed by atoms with Gasteiger partial charge in [-0.25, -0.2) is 0 Å².